The maximum atomic E-state index is 12.9. The zero-order chi connectivity index (χ0) is 33.5. The number of nitriles is 1. The van der Waals surface area contributed by atoms with Crippen LogP contribution in [0.4, 0.5) is 19.0 Å². The molecule has 6 rings (SSSR count). The third-order valence-corrected chi connectivity index (χ3v) is 12.2. The van der Waals surface area contributed by atoms with Gasteiger partial charge >= 0.3 is 6.18 Å². The van der Waals surface area contributed by atoms with E-state index >= 15 is 0 Å². The number of likely N-dealkylation sites (tertiary alicyclic amines) is 1. The van der Waals surface area contributed by atoms with Crippen molar-refractivity contribution in [2.75, 3.05) is 37.8 Å². The SMILES string of the molecule is Cc1c(CN2CCC(Nc3ncnc4sc(CC(F)(F)F)cc34)CC2)ccc2c1cc(C#N)n2CC(C)C1CCN(S(C)(=O)=O)CC1. The van der Waals surface area contributed by atoms with E-state index in [0.717, 1.165) is 67.6 Å². The Bertz CT molecular complexity index is 1900. The maximum absolute atomic E-state index is 12.9. The van der Waals surface area contributed by atoms with Crippen LogP contribution in [0, 0.1) is 30.1 Å². The minimum Gasteiger partial charge on any atom is -0.367 e. The molecule has 1 atom stereocenters. The average Bonchev–Trinajstić information content (AvgIpc) is 3.59. The molecule has 2 fully saturated rings. The van der Waals surface area contributed by atoms with Crippen molar-refractivity contribution in [3.05, 3.63) is 52.3 Å². The molecule has 0 aliphatic carbocycles. The molecule has 9 nitrogen and oxygen atoms in total. The predicted molar refractivity (Wildman–Crippen MR) is 179 cm³/mol. The van der Waals surface area contributed by atoms with Crippen LogP contribution < -0.4 is 5.32 Å². The Morgan fingerprint density at radius 1 is 1.09 bits per heavy atom. The third kappa shape index (κ3) is 7.58. The number of nitrogens with zero attached hydrogens (tertiary/aromatic N) is 6. The van der Waals surface area contributed by atoms with Gasteiger partial charge in [-0.2, -0.15) is 18.4 Å². The number of anilines is 1. The van der Waals surface area contributed by atoms with Crippen LogP contribution in [0.25, 0.3) is 21.1 Å². The Morgan fingerprint density at radius 2 is 1.81 bits per heavy atom. The molecule has 0 amide bonds. The lowest BCUT2D eigenvalue weighted by Gasteiger charge is -2.34. The number of thiophene rings is 1. The number of piperidine rings is 2. The summed E-state index contributed by atoms with van der Waals surface area (Å²) in [6, 6.07) is 10.4. The van der Waals surface area contributed by atoms with Gasteiger partial charge in [-0.25, -0.2) is 22.7 Å². The minimum atomic E-state index is -4.26. The summed E-state index contributed by atoms with van der Waals surface area (Å²) in [6.07, 6.45) is 0.849. The van der Waals surface area contributed by atoms with Crippen molar-refractivity contribution < 1.29 is 21.6 Å². The molecule has 14 heteroatoms. The molecule has 0 radical (unpaired) electrons. The number of alkyl halides is 3. The van der Waals surface area contributed by atoms with Crippen LogP contribution in [0.15, 0.2) is 30.6 Å². The lowest BCUT2D eigenvalue weighted by atomic mass is 9.86. The van der Waals surface area contributed by atoms with Crippen LogP contribution in [0.2, 0.25) is 0 Å². The highest BCUT2D eigenvalue weighted by atomic mass is 32.2. The second-order valence-electron chi connectivity index (χ2n) is 13.2. The van der Waals surface area contributed by atoms with E-state index in [9.17, 15) is 26.9 Å². The van der Waals surface area contributed by atoms with Gasteiger partial charge < -0.3 is 9.88 Å². The summed E-state index contributed by atoms with van der Waals surface area (Å²) in [4.78, 5) is 11.7. The lowest BCUT2D eigenvalue weighted by Crippen LogP contribution is -2.39. The number of sulfonamides is 1. The highest BCUT2D eigenvalue weighted by Gasteiger charge is 2.30. The number of hydrogen-bond acceptors (Lipinski definition) is 8. The monoisotopic (exact) mass is 687 g/mol. The molecule has 2 aliphatic rings. The minimum absolute atomic E-state index is 0.159. The zero-order valence-corrected chi connectivity index (χ0v) is 28.5. The maximum Gasteiger partial charge on any atom is 0.393 e. The van der Waals surface area contributed by atoms with Gasteiger partial charge in [0, 0.05) is 61.1 Å². The van der Waals surface area contributed by atoms with Crippen LogP contribution in [-0.4, -0.2) is 76.8 Å². The van der Waals surface area contributed by atoms with Crippen LogP contribution in [0.1, 0.15) is 54.3 Å². The van der Waals surface area contributed by atoms with Crippen molar-refractivity contribution in [2.45, 2.75) is 71.3 Å². The first-order valence-corrected chi connectivity index (χ1v) is 18.7. The molecule has 1 unspecified atom stereocenters. The van der Waals surface area contributed by atoms with Gasteiger partial charge in [0.15, 0.2) is 0 Å². The van der Waals surface area contributed by atoms with E-state index < -0.39 is 22.6 Å². The van der Waals surface area contributed by atoms with Gasteiger partial charge in [-0.1, -0.05) is 13.0 Å². The Balaban J connectivity index is 1.08. The highest BCUT2D eigenvalue weighted by molar-refractivity contribution is 7.88. The van der Waals surface area contributed by atoms with E-state index in [2.05, 4.69) is 56.8 Å². The number of aromatic nitrogens is 3. The number of fused-ring (bicyclic) bond motifs is 2. The molecular weight excluding hydrogens is 648 g/mol. The van der Waals surface area contributed by atoms with Crippen LogP contribution in [0.3, 0.4) is 0 Å². The van der Waals surface area contributed by atoms with E-state index in [1.165, 1.54) is 23.7 Å². The molecule has 0 spiro atoms. The normalized spacial score (nSPS) is 18.6. The first-order valence-electron chi connectivity index (χ1n) is 16.0. The quantitative estimate of drug-likeness (QED) is 0.220. The van der Waals surface area contributed by atoms with Crippen LogP contribution in [0.5, 0.6) is 0 Å². The van der Waals surface area contributed by atoms with E-state index in [-0.39, 0.29) is 10.9 Å². The van der Waals surface area contributed by atoms with Crippen molar-refractivity contribution in [1.82, 2.24) is 23.7 Å². The summed E-state index contributed by atoms with van der Waals surface area (Å²) in [5.41, 5.74) is 4.08. The smallest absolute Gasteiger partial charge is 0.367 e. The standard InChI is InChI=1S/C33H40F3N7O2S2/c1-21(23-6-12-42(13-7-23)47(3,44)45)18-43-26(17-37)14-28-22(2)24(4-5-30(28)43)19-41-10-8-25(9-11-41)40-31-29-15-27(16-33(34,35)36)46-32(29)39-20-38-31/h4-5,14-15,20-21,23,25H,6-13,16,18-19H2,1-3H3,(H,38,39,40). The topological polar surface area (TPSA) is 107 Å². The molecular formula is C33H40F3N7O2S2. The Hall–Kier alpha value is -3.25. The number of benzene rings is 1. The molecule has 252 valence electrons. The molecule has 0 saturated carbocycles. The summed E-state index contributed by atoms with van der Waals surface area (Å²) < 4.78 is 66.4. The fourth-order valence-corrected chi connectivity index (χ4v) is 9.07. The van der Waals surface area contributed by atoms with E-state index in [1.54, 1.807) is 10.4 Å². The molecule has 4 aromatic rings. The Kier molecular flexibility index (Phi) is 9.55. The molecule has 3 aromatic heterocycles. The number of rotatable bonds is 9. The van der Waals surface area contributed by atoms with Crippen LogP contribution in [-0.2, 0) is 29.5 Å². The second kappa shape index (κ2) is 13.3. The summed E-state index contributed by atoms with van der Waals surface area (Å²) in [7, 11) is -3.17. The highest BCUT2D eigenvalue weighted by Crippen LogP contribution is 2.34. The average molecular weight is 688 g/mol. The summed E-state index contributed by atoms with van der Waals surface area (Å²) in [6.45, 7) is 8.66. The number of aryl methyl sites for hydroxylation is 1. The van der Waals surface area contributed by atoms with Crippen molar-refractivity contribution in [3.63, 3.8) is 0 Å². The molecule has 1 N–H and O–H groups in total. The van der Waals surface area contributed by atoms with Gasteiger partial charge in [0.05, 0.1) is 18.1 Å². The molecule has 2 saturated heterocycles. The molecule has 5 heterocycles. The van der Waals surface area contributed by atoms with E-state index in [1.807, 2.05) is 6.07 Å². The number of hydrogen-bond donors (Lipinski definition) is 1. The van der Waals surface area contributed by atoms with E-state index in [4.69, 9.17) is 0 Å². The third-order valence-electron chi connectivity index (χ3n) is 9.90. The van der Waals surface area contributed by atoms with Gasteiger partial charge in [-0.05, 0) is 73.8 Å². The zero-order valence-electron chi connectivity index (χ0n) is 26.8. The second-order valence-corrected chi connectivity index (χ2v) is 16.2. The summed E-state index contributed by atoms with van der Waals surface area (Å²) in [5.74, 6) is 1.28. The number of halogens is 3. The first kappa shape index (κ1) is 33.6. The van der Waals surface area contributed by atoms with Gasteiger partial charge in [-0.3, -0.25) is 4.90 Å². The molecule has 0 bridgehead atoms. The summed E-state index contributed by atoms with van der Waals surface area (Å²) in [5, 5.41) is 15.2. The van der Waals surface area contributed by atoms with Gasteiger partial charge in [0.2, 0.25) is 10.0 Å². The fraction of sp³-hybridized carbons (Fsp3) is 0.545. The fourth-order valence-electron chi connectivity index (χ4n) is 7.17. The van der Waals surface area contributed by atoms with Gasteiger partial charge in [-0.15, -0.1) is 11.3 Å². The Morgan fingerprint density at radius 3 is 2.47 bits per heavy atom. The number of nitrogens with one attached hydrogen (secondary N) is 1. The van der Waals surface area contributed by atoms with Crippen molar-refractivity contribution in [2.24, 2.45) is 11.8 Å². The first-order chi connectivity index (χ1) is 22.3. The van der Waals surface area contributed by atoms with Crippen molar-refractivity contribution in [3.8, 4) is 6.07 Å². The van der Waals surface area contributed by atoms with Crippen LogP contribution >= 0.6 is 11.3 Å². The van der Waals surface area contributed by atoms with Crippen molar-refractivity contribution >= 4 is 48.3 Å². The van der Waals surface area contributed by atoms with E-state index in [0.29, 0.717) is 53.2 Å². The molecule has 47 heavy (non-hydrogen) atoms. The molecule has 2 aliphatic heterocycles. The Labute approximate surface area is 277 Å². The summed E-state index contributed by atoms with van der Waals surface area (Å²) >= 11 is 1.06. The van der Waals surface area contributed by atoms with Gasteiger partial charge in [0.1, 0.15) is 28.7 Å². The predicted octanol–water partition coefficient (Wildman–Crippen LogP) is 6.32. The largest absolute Gasteiger partial charge is 0.393 e. The molecule has 1 aromatic carbocycles. The lowest BCUT2D eigenvalue weighted by molar-refractivity contribution is -0.126. The van der Waals surface area contributed by atoms with Crippen molar-refractivity contribution in [1.29, 1.82) is 5.26 Å². The van der Waals surface area contributed by atoms with Gasteiger partial charge in [0.25, 0.3) is 0 Å².